The predicted molar refractivity (Wildman–Crippen MR) is 92.5 cm³/mol. The first-order valence-corrected chi connectivity index (χ1v) is 8.08. The third kappa shape index (κ3) is 4.60. The van der Waals surface area contributed by atoms with Crippen LogP contribution in [0, 0.1) is 17.3 Å². The van der Waals surface area contributed by atoms with Crippen molar-refractivity contribution in [3.63, 3.8) is 0 Å². The normalized spacial score (nSPS) is 10.8. The van der Waals surface area contributed by atoms with Crippen molar-refractivity contribution in [1.82, 2.24) is 9.78 Å². The SMILES string of the molecule is COC(=O)c1sc(C#CC(C)(C)C)cc1NCc1ccnn1C. The monoisotopic (exact) mass is 331 g/mol. The van der Waals surface area contributed by atoms with Gasteiger partial charge in [-0.1, -0.05) is 11.8 Å². The van der Waals surface area contributed by atoms with Gasteiger partial charge in [-0.05, 0) is 32.9 Å². The fourth-order valence-corrected chi connectivity index (χ4v) is 2.74. The molecule has 1 N–H and O–H groups in total. The topological polar surface area (TPSA) is 56.1 Å². The summed E-state index contributed by atoms with van der Waals surface area (Å²) in [4.78, 5) is 13.3. The number of nitrogens with zero attached hydrogens (tertiary/aromatic N) is 2. The minimum Gasteiger partial charge on any atom is -0.465 e. The number of methoxy groups -OCH3 is 1. The Morgan fingerprint density at radius 1 is 1.48 bits per heavy atom. The van der Waals surface area contributed by atoms with Gasteiger partial charge in [0.15, 0.2) is 0 Å². The molecule has 5 nitrogen and oxygen atoms in total. The van der Waals surface area contributed by atoms with E-state index >= 15 is 0 Å². The lowest BCUT2D eigenvalue weighted by atomic mass is 9.98. The quantitative estimate of drug-likeness (QED) is 0.690. The van der Waals surface area contributed by atoms with Gasteiger partial charge in [0.05, 0.1) is 29.9 Å². The predicted octanol–water partition coefficient (Wildman–Crippen LogP) is 3.28. The van der Waals surface area contributed by atoms with Crippen molar-refractivity contribution in [2.75, 3.05) is 12.4 Å². The first kappa shape index (κ1) is 17.1. The molecule has 0 fully saturated rings. The zero-order chi connectivity index (χ0) is 17.0. The highest BCUT2D eigenvalue weighted by molar-refractivity contribution is 7.15. The maximum atomic E-state index is 12.0. The molecule has 0 amide bonds. The average molecular weight is 331 g/mol. The number of hydrogen-bond donors (Lipinski definition) is 1. The number of ether oxygens (including phenoxy) is 1. The first-order chi connectivity index (χ1) is 10.8. The molecular weight excluding hydrogens is 310 g/mol. The molecule has 0 aliphatic heterocycles. The van der Waals surface area contributed by atoms with Crippen molar-refractivity contribution in [2.24, 2.45) is 12.5 Å². The number of aromatic nitrogens is 2. The maximum absolute atomic E-state index is 12.0. The van der Waals surface area contributed by atoms with Gasteiger partial charge in [0.25, 0.3) is 0 Å². The third-order valence-corrected chi connectivity index (χ3v) is 4.08. The van der Waals surface area contributed by atoms with Gasteiger partial charge in [0.2, 0.25) is 0 Å². The highest BCUT2D eigenvalue weighted by Crippen LogP contribution is 2.28. The van der Waals surface area contributed by atoms with Crippen molar-refractivity contribution < 1.29 is 9.53 Å². The fraction of sp³-hybridized carbons (Fsp3) is 0.412. The van der Waals surface area contributed by atoms with Gasteiger partial charge in [0.1, 0.15) is 4.88 Å². The van der Waals surface area contributed by atoms with Gasteiger partial charge in [-0.3, -0.25) is 4.68 Å². The molecule has 0 unspecified atom stereocenters. The minimum atomic E-state index is -0.355. The lowest BCUT2D eigenvalue weighted by Crippen LogP contribution is -2.08. The Bertz CT molecular complexity index is 757. The zero-order valence-electron chi connectivity index (χ0n) is 14.1. The van der Waals surface area contributed by atoms with Crippen LogP contribution >= 0.6 is 11.3 Å². The molecule has 0 spiro atoms. The summed E-state index contributed by atoms with van der Waals surface area (Å²) in [5.74, 6) is 5.96. The van der Waals surface area contributed by atoms with Gasteiger partial charge in [-0.25, -0.2) is 4.79 Å². The second-order valence-corrected chi connectivity index (χ2v) is 7.20. The van der Waals surface area contributed by atoms with Gasteiger partial charge >= 0.3 is 5.97 Å². The van der Waals surface area contributed by atoms with Crippen LogP contribution in [0.15, 0.2) is 18.3 Å². The van der Waals surface area contributed by atoms with Crippen LogP contribution < -0.4 is 5.32 Å². The number of carbonyl (C=O) groups is 1. The lowest BCUT2D eigenvalue weighted by Gasteiger charge is -2.06. The molecule has 0 saturated carbocycles. The summed E-state index contributed by atoms with van der Waals surface area (Å²) in [6.07, 6.45) is 1.74. The van der Waals surface area contributed by atoms with E-state index in [2.05, 4.69) is 43.0 Å². The Morgan fingerprint density at radius 3 is 2.78 bits per heavy atom. The number of carbonyl (C=O) groups excluding carboxylic acids is 1. The smallest absolute Gasteiger partial charge is 0.350 e. The molecule has 0 bridgehead atoms. The molecule has 2 rings (SSSR count). The molecule has 0 radical (unpaired) electrons. The number of aryl methyl sites for hydroxylation is 1. The summed E-state index contributed by atoms with van der Waals surface area (Å²) in [6.45, 7) is 6.73. The van der Waals surface area contributed by atoms with E-state index in [1.165, 1.54) is 18.4 Å². The molecule has 23 heavy (non-hydrogen) atoms. The summed E-state index contributed by atoms with van der Waals surface area (Å²) in [6, 6.07) is 3.82. The zero-order valence-corrected chi connectivity index (χ0v) is 14.9. The summed E-state index contributed by atoms with van der Waals surface area (Å²) < 4.78 is 6.65. The van der Waals surface area contributed by atoms with Gasteiger partial charge < -0.3 is 10.1 Å². The molecule has 0 saturated heterocycles. The summed E-state index contributed by atoms with van der Waals surface area (Å²) >= 11 is 1.34. The van der Waals surface area contributed by atoms with E-state index in [1.54, 1.807) is 10.9 Å². The first-order valence-electron chi connectivity index (χ1n) is 7.26. The van der Waals surface area contributed by atoms with Crippen LogP contribution in [-0.2, 0) is 18.3 Å². The molecule has 0 atom stereocenters. The largest absolute Gasteiger partial charge is 0.465 e. The molecule has 0 aromatic carbocycles. The van der Waals surface area contributed by atoms with Crippen molar-refractivity contribution in [3.05, 3.63) is 33.8 Å². The highest BCUT2D eigenvalue weighted by Gasteiger charge is 2.17. The minimum absolute atomic E-state index is 0.0856. The van der Waals surface area contributed by atoms with Crippen LogP contribution in [-0.4, -0.2) is 22.9 Å². The van der Waals surface area contributed by atoms with E-state index in [9.17, 15) is 4.79 Å². The molecule has 0 aliphatic rings. The summed E-state index contributed by atoms with van der Waals surface area (Å²) in [7, 11) is 3.26. The average Bonchev–Trinajstić information content (AvgIpc) is 3.07. The lowest BCUT2D eigenvalue weighted by molar-refractivity contribution is 0.0607. The van der Waals surface area contributed by atoms with Gasteiger partial charge in [-0.2, -0.15) is 5.10 Å². The Balaban J connectivity index is 2.25. The van der Waals surface area contributed by atoms with E-state index in [0.29, 0.717) is 11.4 Å². The summed E-state index contributed by atoms with van der Waals surface area (Å²) in [5, 5.41) is 7.40. The van der Waals surface area contributed by atoms with Crippen LogP contribution in [0.5, 0.6) is 0 Å². The number of nitrogens with one attached hydrogen (secondary N) is 1. The molecule has 0 aliphatic carbocycles. The van der Waals surface area contributed by atoms with E-state index in [4.69, 9.17) is 4.74 Å². The summed E-state index contributed by atoms with van der Waals surface area (Å²) in [5.41, 5.74) is 1.67. The van der Waals surface area contributed by atoms with E-state index in [-0.39, 0.29) is 11.4 Å². The number of anilines is 1. The van der Waals surface area contributed by atoms with Crippen molar-refractivity contribution in [1.29, 1.82) is 0 Å². The van der Waals surface area contributed by atoms with Crippen molar-refractivity contribution in [2.45, 2.75) is 27.3 Å². The third-order valence-electron chi connectivity index (χ3n) is 3.05. The molecular formula is C17H21N3O2S. The number of rotatable bonds is 4. The number of hydrogen-bond acceptors (Lipinski definition) is 5. The number of thiophene rings is 1. The Kier molecular flexibility index (Phi) is 5.12. The second kappa shape index (κ2) is 6.88. The van der Waals surface area contributed by atoms with Crippen molar-refractivity contribution >= 4 is 23.0 Å². The highest BCUT2D eigenvalue weighted by atomic mass is 32.1. The fourth-order valence-electron chi connectivity index (χ4n) is 1.84. The van der Waals surface area contributed by atoms with Gasteiger partial charge in [0, 0.05) is 18.7 Å². The molecule has 2 heterocycles. The molecule has 6 heteroatoms. The van der Waals surface area contributed by atoms with Gasteiger partial charge in [-0.15, -0.1) is 11.3 Å². The van der Waals surface area contributed by atoms with E-state index in [1.807, 2.05) is 19.2 Å². The van der Waals surface area contributed by atoms with Crippen LogP contribution in [0.2, 0.25) is 0 Å². The maximum Gasteiger partial charge on any atom is 0.350 e. The van der Waals surface area contributed by atoms with Crippen LogP contribution in [0.4, 0.5) is 5.69 Å². The van der Waals surface area contributed by atoms with Crippen molar-refractivity contribution in [3.8, 4) is 11.8 Å². The molecule has 122 valence electrons. The standard InChI is InChI=1S/C17H21N3O2S/c1-17(2,3)8-6-13-10-14(15(23-13)16(21)22-5)18-11-12-7-9-19-20(12)4/h7,9-10,18H,11H2,1-5H3. The molecule has 2 aromatic rings. The Morgan fingerprint density at radius 2 is 2.22 bits per heavy atom. The molecule has 2 aromatic heterocycles. The second-order valence-electron chi connectivity index (χ2n) is 6.14. The van der Waals surface area contributed by atoms with E-state index < -0.39 is 0 Å². The number of esters is 1. The van der Waals surface area contributed by atoms with Crippen LogP contribution in [0.25, 0.3) is 0 Å². The Hall–Kier alpha value is -2.26. The van der Waals surface area contributed by atoms with Crippen LogP contribution in [0.3, 0.4) is 0 Å². The van der Waals surface area contributed by atoms with E-state index in [0.717, 1.165) is 16.3 Å². The Labute approximate surface area is 140 Å². The van der Waals surface area contributed by atoms with Crippen LogP contribution in [0.1, 0.15) is 41.0 Å².